The number of aryl methyl sites for hydroxylation is 1. The Morgan fingerprint density at radius 1 is 1.44 bits per heavy atom. The zero-order chi connectivity index (χ0) is 11.5. The highest BCUT2D eigenvalue weighted by Gasteiger charge is 2.08. The second-order valence-corrected chi connectivity index (χ2v) is 3.55. The fourth-order valence-electron chi connectivity index (χ4n) is 1.23. The van der Waals surface area contributed by atoms with Gasteiger partial charge in [-0.25, -0.2) is 4.98 Å². The van der Waals surface area contributed by atoms with Crippen LogP contribution < -0.4 is 5.32 Å². The van der Waals surface area contributed by atoms with Crippen molar-refractivity contribution in [1.29, 1.82) is 0 Å². The molecule has 0 saturated carbocycles. The molecule has 5 nitrogen and oxygen atoms in total. The number of aromatic nitrogens is 3. The van der Waals surface area contributed by atoms with Crippen LogP contribution in [0.25, 0.3) is 0 Å². The molecule has 0 aromatic carbocycles. The van der Waals surface area contributed by atoms with Gasteiger partial charge in [0.2, 0.25) is 0 Å². The lowest BCUT2D eigenvalue weighted by Gasteiger charge is -2.04. The van der Waals surface area contributed by atoms with E-state index in [9.17, 15) is 4.79 Å². The predicted octanol–water partition coefficient (Wildman–Crippen LogP) is 1.72. The summed E-state index contributed by atoms with van der Waals surface area (Å²) in [4.78, 5) is 15.6. The van der Waals surface area contributed by atoms with Crippen molar-refractivity contribution < 1.29 is 4.79 Å². The molecule has 2 aromatic rings. The van der Waals surface area contributed by atoms with Crippen LogP contribution in [0.4, 0.5) is 5.82 Å². The second-order valence-electron chi connectivity index (χ2n) is 3.16. The molecule has 2 rings (SSSR count). The summed E-state index contributed by atoms with van der Waals surface area (Å²) in [5.41, 5.74) is 0.459. The van der Waals surface area contributed by atoms with E-state index in [0.717, 1.165) is 0 Å². The number of amides is 1. The molecular weight excluding hydrogens is 228 g/mol. The molecule has 2 heterocycles. The molecule has 0 bridgehead atoms. The van der Waals surface area contributed by atoms with E-state index in [1.54, 1.807) is 30.1 Å². The lowest BCUT2D eigenvalue weighted by atomic mass is 10.2. The van der Waals surface area contributed by atoms with E-state index in [0.29, 0.717) is 11.4 Å². The number of anilines is 1. The topological polar surface area (TPSA) is 59.8 Å². The van der Waals surface area contributed by atoms with Crippen LogP contribution in [-0.2, 0) is 7.05 Å². The molecule has 1 amide bonds. The van der Waals surface area contributed by atoms with E-state index in [1.807, 2.05) is 0 Å². The first-order valence-electron chi connectivity index (χ1n) is 4.58. The highest BCUT2D eigenvalue weighted by atomic mass is 35.5. The maximum atomic E-state index is 11.8. The lowest BCUT2D eigenvalue weighted by molar-refractivity contribution is 0.102. The van der Waals surface area contributed by atoms with Gasteiger partial charge in [-0.05, 0) is 12.1 Å². The number of hydrogen-bond acceptors (Lipinski definition) is 3. The Labute approximate surface area is 97.1 Å². The van der Waals surface area contributed by atoms with E-state index in [2.05, 4.69) is 15.4 Å². The summed E-state index contributed by atoms with van der Waals surface area (Å²) in [6.07, 6.45) is 3.09. The highest BCUT2D eigenvalue weighted by molar-refractivity contribution is 6.29. The standard InChI is InChI=1S/C10H9ClN4O/c1-15-9(3-5-13-15)14-10(16)7-2-4-12-8(11)6-7/h2-6H,1H3,(H,14,16). The normalized spacial score (nSPS) is 10.1. The van der Waals surface area contributed by atoms with Crippen LogP contribution in [-0.4, -0.2) is 20.7 Å². The number of carbonyl (C=O) groups excluding carboxylic acids is 1. The molecule has 0 spiro atoms. The Morgan fingerprint density at radius 3 is 2.88 bits per heavy atom. The number of pyridine rings is 1. The monoisotopic (exact) mass is 236 g/mol. The SMILES string of the molecule is Cn1nccc1NC(=O)c1ccnc(Cl)c1. The molecule has 1 N–H and O–H groups in total. The number of hydrogen-bond donors (Lipinski definition) is 1. The molecule has 16 heavy (non-hydrogen) atoms. The Balaban J connectivity index is 2.18. The van der Waals surface area contributed by atoms with E-state index in [-0.39, 0.29) is 11.1 Å². The summed E-state index contributed by atoms with van der Waals surface area (Å²) in [6.45, 7) is 0. The second kappa shape index (κ2) is 4.32. The van der Waals surface area contributed by atoms with Crippen LogP contribution in [0, 0.1) is 0 Å². The third-order valence-corrected chi connectivity index (χ3v) is 2.26. The molecule has 6 heteroatoms. The van der Waals surface area contributed by atoms with E-state index in [1.165, 1.54) is 12.3 Å². The third-order valence-electron chi connectivity index (χ3n) is 2.05. The van der Waals surface area contributed by atoms with Gasteiger partial charge in [0.25, 0.3) is 5.91 Å². The molecule has 2 aromatic heterocycles. The molecule has 0 aliphatic heterocycles. The van der Waals surface area contributed by atoms with Gasteiger partial charge in [0.05, 0.1) is 6.20 Å². The van der Waals surface area contributed by atoms with Gasteiger partial charge in [0.15, 0.2) is 0 Å². The van der Waals surface area contributed by atoms with Gasteiger partial charge in [-0.2, -0.15) is 5.10 Å². The minimum absolute atomic E-state index is 0.243. The van der Waals surface area contributed by atoms with Crippen molar-refractivity contribution in [1.82, 2.24) is 14.8 Å². The Hall–Kier alpha value is -1.88. The quantitative estimate of drug-likeness (QED) is 0.808. The smallest absolute Gasteiger partial charge is 0.256 e. The van der Waals surface area contributed by atoms with Gasteiger partial charge in [0.1, 0.15) is 11.0 Å². The fraction of sp³-hybridized carbons (Fsp3) is 0.100. The molecular formula is C10H9ClN4O. The lowest BCUT2D eigenvalue weighted by Crippen LogP contribution is -2.14. The number of nitrogens with one attached hydrogen (secondary N) is 1. The van der Waals surface area contributed by atoms with Crippen molar-refractivity contribution in [3.8, 4) is 0 Å². The van der Waals surface area contributed by atoms with Gasteiger partial charge in [-0.3, -0.25) is 9.48 Å². The average Bonchev–Trinajstić information content (AvgIpc) is 2.64. The Bertz CT molecular complexity index is 523. The van der Waals surface area contributed by atoms with Gasteiger partial charge < -0.3 is 5.32 Å². The van der Waals surface area contributed by atoms with Gasteiger partial charge in [-0.15, -0.1) is 0 Å². The number of halogens is 1. The summed E-state index contributed by atoms with van der Waals surface area (Å²) < 4.78 is 1.57. The minimum atomic E-state index is -0.243. The number of nitrogens with zero attached hydrogens (tertiary/aromatic N) is 3. The van der Waals surface area contributed by atoms with Crippen molar-refractivity contribution in [2.24, 2.45) is 7.05 Å². The average molecular weight is 237 g/mol. The first kappa shape index (κ1) is 10.6. The molecule has 0 aliphatic rings. The predicted molar refractivity (Wildman–Crippen MR) is 60.4 cm³/mol. The van der Waals surface area contributed by atoms with Crippen molar-refractivity contribution in [2.45, 2.75) is 0 Å². The molecule has 0 saturated heterocycles. The van der Waals surface area contributed by atoms with Crippen LogP contribution in [0.5, 0.6) is 0 Å². The summed E-state index contributed by atoms with van der Waals surface area (Å²) in [6, 6.07) is 4.81. The van der Waals surface area contributed by atoms with Crippen LogP contribution >= 0.6 is 11.6 Å². The third kappa shape index (κ3) is 2.20. The van der Waals surface area contributed by atoms with Crippen molar-refractivity contribution >= 4 is 23.3 Å². The largest absolute Gasteiger partial charge is 0.307 e. The Kier molecular flexibility index (Phi) is 2.87. The van der Waals surface area contributed by atoms with E-state index < -0.39 is 0 Å². The van der Waals surface area contributed by atoms with Crippen molar-refractivity contribution in [2.75, 3.05) is 5.32 Å². The minimum Gasteiger partial charge on any atom is -0.307 e. The zero-order valence-electron chi connectivity index (χ0n) is 8.51. The van der Waals surface area contributed by atoms with Crippen LogP contribution in [0.2, 0.25) is 5.15 Å². The zero-order valence-corrected chi connectivity index (χ0v) is 9.27. The fourth-order valence-corrected chi connectivity index (χ4v) is 1.40. The maximum absolute atomic E-state index is 11.8. The van der Waals surface area contributed by atoms with Crippen LogP contribution in [0.1, 0.15) is 10.4 Å². The number of rotatable bonds is 2. The summed E-state index contributed by atoms with van der Waals surface area (Å²) in [7, 11) is 1.75. The highest BCUT2D eigenvalue weighted by Crippen LogP contribution is 2.10. The molecule has 0 fully saturated rings. The summed E-state index contributed by atoms with van der Waals surface area (Å²) in [5, 5.41) is 6.94. The van der Waals surface area contributed by atoms with Gasteiger partial charge in [-0.1, -0.05) is 11.6 Å². The summed E-state index contributed by atoms with van der Waals surface area (Å²) in [5.74, 6) is 0.380. The Morgan fingerprint density at radius 2 is 2.25 bits per heavy atom. The van der Waals surface area contributed by atoms with Crippen molar-refractivity contribution in [3.63, 3.8) is 0 Å². The molecule has 0 radical (unpaired) electrons. The summed E-state index contributed by atoms with van der Waals surface area (Å²) >= 11 is 5.69. The number of carbonyl (C=O) groups is 1. The van der Waals surface area contributed by atoms with E-state index in [4.69, 9.17) is 11.6 Å². The molecule has 0 unspecified atom stereocenters. The molecule has 82 valence electrons. The van der Waals surface area contributed by atoms with Crippen LogP contribution in [0.3, 0.4) is 0 Å². The maximum Gasteiger partial charge on any atom is 0.256 e. The van der Waals surface area contributed by atoms with Crippen molar-refractivity contribution in [3.05, 3.63) is 41.3 Å². The van der Waals surface area contributed by atoms with Gasteiger partial charge in [0, 0.05) is 24.9 Å². The van der Waals surface area contributed by atoms with Crippen LogP contribution in [0.15, 0.2) is 30.6 Å². The first-order valence-corrected chi connectivity index (χ1v) is 4.95. The molecule has 0 atom stereocenters. The van der Waals surface area contributed by atoms with E-state index >= 15 is 0 Å². The van der Waals surface area contributed by atoms with Gasteiger partial charge >= 0.3 is 0 Å². The first-order chi connectivity index (χ1) is 7.66. The molecule has 0 aliphatic carbocycles.